The standard InChI is InChI=1S/C15H26O2/c1-9(2)15-6-5-14(4,17-15)13-11(8-15)10(3)7-12(13)16/h9-13,16H,5-8H2,1-4H3. The van der Waals surface area contributed by atoms with E-state index in [1.807, 2.05) is 0 Å². The van der Waals surface area contributed by atoms with Gasteiger partial charge < -0.3 is 9.84 Å². The normalized spacial score (nSPS) is 57.5. The van der Waals surface area contributed by atoms with E-state index in [0.717, 1.165) is 12.8 Å². The average Bonchev–Trinajstić information content (AvgIpc) is 2.66. The second kappa shape index (κ2) is 3.48. The predicted octanol–water partition coefficient (Wildman–Crippen LogP) is 2.99. The molecule has 3 rings (SSSR count). The van der Waals surface area contributed by atoms with E-state index >= 15 is 0 Å². The summed E-state index contributed by atoms with van der Waals surface area (Å²) in [4.78, 5) is 0. The summed E-state index contributed by atoms with van der Waals surface area (Å²) in [6.45, 7) is 9.15. The zero-order valence-electron chi connectivity index (χ0n) is 11.6. The monoisotopic (exact) mass is 238 g/mol. The zero-order valence-corrected chi connectivity index (χ0v) is 11.6. The van der Waals surface area contributed by atoms with Gasteiger partial charge in [-0.25, -0.2) is 0 Å². The smallest absolute Gasteiger partial charge is 0.0718 e. The number of ether oxygens (including phenoxy) is 1. The highest BCUT2D eigenvalue weighted by molar-refractivity contribution is 5.12. The van der Waals surface area contributed by atoms with Gasteiger partial charge in [0.15, 0.2) is 0 Å². The molecule has 2 saturated heterocycles. The minimum atomic E-state index is -0.136. The van der Waals surface area contributed by atoms with Gasteiger partial charge in [-0.1, -0.05) is 20.8 Å². The van der Waals surface area contributed by atoms with Gasteiger partial charge in [-0.3, -0.25) is 0 Å². The Hall–Kier alpha value is -0.0800. The van der Waals surface area contributed by atoms with Crippen molar-refractivity contribution in [2.75, 3.05) is 0 Å². The fourth-order valence-corrected chi connectivity index (χ4v) is 4.98. The minimum absolute atomic E-state index is 0.0582. The van der Waals surface area contributed by atoms with Gasteiger partial charge in [0.2, 0.25) is 0 Å². The van der Waals surface area contributed by atoms with E-state index in [0.29, 0.717) is 23.7 Å². The van der Waals surface area contributed by atoms with Crippen LogP contribution in [-0.2, 0) is 4.74 Å². The van der Waals surface area contributed by atoms with E-state index in [1.165, 1.54) is 12.8 Å². The summed E-state index contributed by atoms with van der Waals surface area (Å²) < 4.78 is 6.51. The first-order valence-electron chi connectivity index (χ1n) is 7.26. The highest BCUT2D eigenvalue weighted by Gasteiger charge is 2.63. The molecule has 3 fully saturated rings. The van der Waals surface area contributed by atoms with Gasteiger partial charge in [0.05, 0.1) is 17.3 Å². The van der Waals surface area contributed by atoms with Crippen LogP contribution in [0.25, 0.3) is 0 Å². The maximum atomic E-state index is 10.3. The summed E-state index contributed by atoms with van der Waals surface area (Å²) in [5.41, 5.74) is 0.0472. The molecule has 2 bridgehead atoms. The molecular weight excluding hydrogens is 212 g/mol. The van der Waals surface area contributed by atoms with Gasteiger partial charge in [0.1, 0.15) is 0 Å². The molecule has 0 radical (unpaired) electrons. The Kier molecular flexibility index (Phi) is 2.45. The lowest BCUT2D eigenvalue weighted by molar-refractivity contribution is -0.208. The Bertz CT molecular complexity index is 327. The number of aliphatic hydroxyl groups is 1. The molecule has 1 aliphatic carbocycles. The van der Waals surface area contributed by atoms with E-state index in [9.17, 15) is 5.11 Å². The molecule has 1 saturated carbocycles. The lowest BCUT2D eigenvalue weighted by atomic mass is 9.71. The van der Waals surface area contributed by atoms with Crippen molar-refractivity contribution in [2.24, 2.45) is 23.7 Å². The van der Waals surface area contributed by atoms with Crippen LogP contribution in [0.15, 0.2) is 0 Å². The lowest BCUT2D eigenvalue weighted by Gasteiger charge is -2.49. The van der Waals surface area contributed by atoms with Crippen molar-refractivity contribution >= 4 is 0 Å². The molecular formula is C15H26O2. The molecule has 1 N–H and O–H groups in total. The third-order valence-corrected chi connectivity index (χ3v) is 6.04. The van der Waals surface area contributed by atoms with Crippen LogP contribution in [0.5, 0.6) is 0 Å². The molecule has 0 spiro atoms. The lowest BCUT2D eigenvalue weighted by Crippen LogP contribution is -2.53. The van der Waals surface area contributed by atoms with Crippen molar-refractivity contribution in [3.63, 3.8) is 0 Å². The quantitative estimate of drug-likeness (QED) is 0.761. The van der Waals surface area contributed by atoms with Gasteiger partial charge in [0.25, 0.3) is 0 Å². The largest absolute Gasteiger partial charge is 0.393 e. The summed E-state index contributed by atoms with van der Waals surface area (Å²) in [6.07, 6.45) is 4.33. The molecule has 0 aromatic carbocycles. The van der Waals surface area contributed by atoms with E-state index in [2.05, 4.69) is 27.7 Å². The van der Waals surface area contributed by atoms with Gasteiger partial charge >= 0.3 is 0 Å². The van der Waals surface area contributed by atoms with Crippen molar-refractivity contribution in [1.29, 1.82) is 0 Å². The van der Waals surface area contributed by atoms with E-state index in [4.69, 9.17) is 4.74 Å². The zero-order chi connectivity index (χ0) is 12.4. The van der Waals surface area contributed by atoms with Crippen molar-refractivity contribution in [1.82, 2.24) is 0 Å². The molecule has 6 atom stereocenters. The van der Waals surface area contributed by atoms with Gasteiger partial charge in [-0.15, -0.1) is 0 Å². The SMILES string of the molecule is CC1CC(O)C2C1CC1(C(C)C)CCC2(C)O1. The average molecular weight is 238 g/mol. The summed E-state index contributed by atoms with van der Waals surface area (Å²) in [7, 11) is 0. The number of aliphatic hydroxyl groups excluding tert-OH is 1. The first-order chi connectivity index (χ1) is 7.88. The summed E-state index contributed by atoms with van der Waals surface area (Å²) >= 11 is 0. The van der Waals surface area contributed by atoms with Gasteiger partial charge in [-0.2, -0.15) is 0 Å². The molecule has 0 aromatic rings. The molecule has 2 heteroatoms. The van der Waals surface area contributed by atoms with Crippen LogP contribution in [0.1, 0.15) is 53.4 Å². The molecule has 98 valence electrons. The number of hydrogen-bond donors (Lipinski definition) is 1. The maximum Gasteiger partial charge on any atom is 0.0718 e. The minimum Gasteiger partial charge on any atom is -0.393 e. The van der Waals surface area contributed by atoms with Crippen LogP contribution < -0.4 is 0 Å². The Balaban J connectivity index is 1.97. The van der Waals surface area contributed by atoms with E-state index in [1.54, 1.807) is 0 Å². The number of hydrogen-bond acceptors (Lipinski definition) is 2. The Morgan fingerprint density at radius 1 is 1.29 bits per heavy atom. The van der Waals surface area contributed by atoms with Crippen LogP contribution in [-0.4, -0.2) is 22.4 Å². The van der Waals surface area contributed by atoms with Crippen molar-refractivity contribution < 1.29 is 9.84 Å². The Labute approximate surface area is 105 Å². The summed E-state index contributed by atoms with van der Waals surface area (Å²) in [5.74, 6) is 2.31. The van der Waals surface area contributed by atoms with Crippen LogP contribution in [0.4, 0.5) is 0 Å². The predicted molar refractivity (Wildman–Crippen MR) is 67.7 cm³/mol. The Morgan fingerprint density at radius 2 is 2.00 bits per heavy atom. The summed E-state index contributed by atoms with van der Waals surface area (Å²) in [5, 5.41) is 10.3. The third-order valence-electron chi connectivity index (χ3n) is 6.04. The molecule has 3 aliphatic rings. The second-order valence-corrected chi connectivity index (χ2v) is 7.31. The second-order valence-electron chi connectivity index (χ2n) is 7.31. The number of fused-ring (bicyclic) bond motifs is 4. The van der Waals surface area contributed by atoms with Crippen molar-refractivity contribution in [3.05, 3.63) is 0 Å². The van der Waals surface area contributed by atoms with Gasteiger partial charge in [0, 0.05) is 5.92 Å². The van der Waals surface area contributed by atoms with Crippen LogP contribution in [0.3, 0.4) is 0 Å². The fraction of sp³-hybridized carbons (Fsp3) is 1.00. The first-order valence-corrected chi connectivity index (χ1v) is 7.26. The molecule has 6 unspecified atom stereocenters. The molecule has 17 heavy (non-hydrogen) atoms. The van der Waals surface area contributed by atoms with Crippen molar-refractivity contribution in [3.8, 4) is 0 Å². The van der Waals surface area contributed by atoms with Crippen LogP contribution in [0, 0.1) is 23.7 Å². The molecule has 2 aliphatic heterocycles. The number of rotatable bonds is 1. The molecule has 2 nitrogen and oxygen atoms in total. The molecule has 0 amide bonds. The molecule has 0 aromatic heterocycles. The Morgan fingerprint density at radius 3 is 2.65 bits per heavy atom. The summed E-state index contributed by atoms with van der Waals surface area (Å²) in [6, 6.07) is 0. The highest BCUT2D eigenvalue weighted by Crippen LogP contribution is 2.61. The van der Waals surface area contributed by atoms with Gasteiger partial charge in [-0.05, 0) is 50.4 Å². The first kappa shape index (κ1) is 12.0. The fourth-order valence-electron chi connectivity index (χ4n) is 4.98. The van der Waals surface area contributed by atoms with Crippen LogP contribution in [0.2, 0.25) is 0 Å². The topological polar surface area (TPSA) is 29.5 Å². The van der Waals surface area contributed by atoms with E-state index < -0.39 is 0 Å². The highest BCUT2D eigenvalue weighted by atomic mass is 16.5. The maximum absolute atomic E-state index is 10.3. The van der Waals surface area contributed by atoms with Crippen molar-refractivity contribution in [2.45, 2.75) is 70.7 Å². The van der Waals surface area contributed by atoms with E-state index in [-0.39, 0.29) is 17.3 Å². The molecule has 2 heterocycles. The van der Waals surface area contributed by atoms with Crippen LogP contribution >= 0.6 is 0 Å². The third kappa shape index (κ3) is 1.46.